The highest BCUT2D eigenvalue weighted by molar-refractivity contribution is 7.71. The van der Waals surface area contributed by atoms with Crippen LogP contribution in [0.25, 0.3) is 11.2 Å². The van der Waals surface area contributed by atoms with Gasteiger partial charge in [0.25, 0.3) is 0 Å². The van der Waals surface area contributed by atoms with E-state index < -0.39 is 0 Å². The minimum absolute atomic E-state index is 0.198. The minimum Gasteiger partial charge on any atom is -0.328 e. The molecular formula is C12H20N4S. The molecule has 0 bridgehead atoms. The summed E-state index contributed by atoms with van der Waals surface area (Å²) >= 11 is 5.41. The van der Waals surface area contributed by atoms with Crippen molar-refractivity contribution in [3.63, 3.8) is 0 Å². The summed E-state index contributed by atoms with van der Waals surface area (Å²) < 4.78 is 4.86. The average molecular weight is 252 g/mol. The molecule has 0 aromatic carbocycles. The van der Waals surface area contributed by atoms with Crippen molar-refractivity contribution in [1.29, 1.82) is 0 Å². The molecule has 5 heteroatoms. The third kappa shape index (κ3) is 2.16. The molecule has 0 spiro atoms. The zero-order valence-corrected chi connectivity index (χ0v) is 12.0. The molecule has 2 aromatic heterocycles. The van der Waals surface area contributed by atoms with Crippen molar-refractivity contribution in [3.05, 3.63) is 10.5 Å². The standard InChI is InChI=1S/C12H20N4S/c1-6-8-9-10(15(5)14-8)16(11(17)13-9)7-12(2,3)4/h6-7H2,1-5H3,(H,13,17). The Morgan fingerprint density at radius 2 is 2.00 bits per heavy atom. The molecule has 0 atom stereocenters. The first kappa shape index (κ1) is 12.4. The van der Waals surface area contributed by atoms with Crippen molar-refractivity contribution in [2.24, 2.45) is 12.5 Å². The first-order chi connectivity index (χ1) is 7.83. The summed E-state index contributed by atoms with van der Waals surface area (Å²) in [4.78, 5) is 3.28. The number of imidazole rings is 1. The van der Waals surface area contributed by atoms with E-state index in [0.717, 1.165) is 34.6 Å². The Morgan fingerprint density at radius 3 is 2.53 bits per heavy atom. The van der Waals surface area contributed by atoms with Gasteiger partial charge in [-0.05, 0) is 24.1 Å². The van der Waals surface area contributed by atoms with Crippen molar-refractivity contribution < 1.29 is 0 Å². The second-order valence-corrected chi connectivity index (χ2v) is 6.09. The molecule has 2 aromatic rings. The first-order valence-electron chi connectivity index (χ1n) is 5.98. The van der Waals surface area contributed by atoms with E-state index in [0.29, 0.717) is 0 Å². The van der Waals surface area contributed by atoms with Gasteiger partial charge < -0.3 is 9.55 Å². The topological polar surface area (TPSA) is 38.5 Å². The van der Waals surface area contributed by atoms with E-state index in [9.17, 15) is 0 Å². The summed E-state index contributed by atoms with van der Waals surface area (Å²) in [5.41, 5.74) is 3.47. The van der Waals surface area contributed by atoms with Crippen molar-refractivity contribution in [1.82, 2.24) is 19.3 Å². The van der Waals surface area contributed by atoms with Gasteiger partial charge in [-0.2, -0.15) is 5.10 Å². The van der Waals surface area contributed by atoms with Gasteiger partial charge in [-0.3, -0.25) is 4.68 Å². The van der Waals surface area contributed by atoms with Gasteiger partial charge in [-0.15, -0.1) is 0 Å². The number of hydrogen-bond acceptors (Lipinski definition) is 2. The maximum Gasteiger partial charge on any atom is 0.179 e. The molecule has 2 heterocycles. The highest BCUT2D eigenvalue weighted by Gasteiger charge is 2.18. The molecule has 2 rings (SSSR count). The van der Waals surface area contributed by atoms with Crippen LogP contribution >= 0.6 is 12.2 Å². The lowest BCUT2D eigenvalue weighted by molar-refractivity contribution is 0.344. The smallest absolute Gasteiger partial charge is 0.179 e. The van der Waals surface area contributed by atoms with Crippen LogP contribution in [0.3, 0.4) is 0 Å². The second kappa shape index (κ2) is 3.98. The van der Waals surface area contributed by atoms with Crippen LogP contribution in [0.2, 0.25) is 0 Å². The number of aromatic nitrogens is 4. The van der Waals surface area contributed by atoms with E-state index >= 15 is 0 Å². The number of nitrogens with zero attached hydrogens (tertiary/aromatic N) is 3. The molecule has 0 unspecified atom stereocenters. The number of H-pyrrole nitrogens is 1. The molecule has 0 fully saturated rings. The fraction of sp³-hybridized carbons (Fsp3) is 0.667. The summed E-state index contributed by atoms with van der Waals surface area (Å²) in [6, 6.07) is 0. The third-order valence-corrected chi connectivity index (χ3v) is 3.11. The van der Waals surface area contributed by atoms with Gasteiger partial charge in [0.15, 0.2) is 10.4 Å². The van der Waals surface area contributed by atoms with Gasteiger partial charge >= 0.3 is 0 Å². The molecule has 0 saturated carbocycles. The lowest BCUT2D eigenvalue weighted by atomic mass is 9.97. The number of nitrogens with one attached hydrogen (secondary N) is 1. The fourth-order valence-electron chi connectivity index (χ4n) is 2.15. The number of aryl methyl sites for hydroxylation is 2. The molecule has 0 aliphatic carbocycles. The maximum atomic E-state index is 5.41. The highest BCUT2D eigenvalue weighted by Crippen LogP contribution is 2.23. The third-order valence-electron chi connectivity index (χ3n) is 2.79. The zero-order valence-electron chi connectivity index (χ0n) is 11.2. The van der Waals surface area contributed by atoms with E-state index in [-0.39, 0.29) is 5.41 Å². The fourth-order valence-corrected chi connectivity index (χ4v) is 2.40. The lowest BCUT2D eigenvalue weighted by Crippen LogP contribution is -2.16. The molecule has 94 valence electrons. The van der Waals surface area contributed by atoms with Crippen LogP contribution in [0.4, 0.5) is 0 Å². The molecule has 17 heavy (non-hydrogen) atoms. The van der Waals surface area contributed by atoms with Crippen molar-refractivity contribution in [2.75, 3.05) is 0 Å². The second-order valence-electron chi connectivity index (χ2n) is 5.70. The van der Waals surface area contributed by atoms with Crippen LogP contribution in [0.15, 0.2) is 0 Å². The van der Waals surface area contributed by atoms with E-state index in [1.165, 1.54) is 0 Å². The SMILES string of the molecule is CCc1nn(C)c2c1[nH]c(=S)n2CC(C)(C)C. The quantitative estimate of drug-likeness (QED) is 0.834. The van der Waals surface area contributed by atoms with Gasteiger partial charge in [0.1, 0.15) is 5.52 Å². The monoisotopic (exact) mass is 252 g/mol. The minimum atomic E-state index is 0.198. The molecule has 0 amide bonds. The highest BCUT2D eigenvalue weighted by atomic mass is 32.1. The van der Waals surface area contributed by atoms with Gasteiger partial charge in [0, 0.05) is 13.6 Å². The molecule has 0 aliphatic rings. The van der Waals surface area contributed by atoms with Gasteiger partial charge in [-0.25, -0.2) is 0 Å². The summed E-state index contributed by atoms with van der Waals surface area (Å²) in [5.74, 6) is 0. The Labute approximate surface area is 107 Å². The Balaban J connectivity index is 2.67. The Hall–Kier alpha value is -1.10. The predicted octanol–water partition coefficient (Wildman–Crippen LogP) is 3.04. The predicted molar refractivity (Wildman–Crippen MR) is 72.7 cm³/mol. The van der Waals surface area contributed by atoms with Crippen LogP contribution in [-0.4, -0.2) is 19.3 Å². The molecule has 0 saturated heterocycles. The van der Waals surface area contributed by atoms with Crippen LogP contribution in [0, 0.1) is 10.2 Å². The Kier molecular flexibility index (Phi) is 2.89. The molecule has 4 nitrogen and oxygen atoms in total. The maximum absolute atomic E-state index is 5.41. The van der Waals surface area contributed by atoms with Crippen LogP contribution in [-0.2, 0) is 20.0 Å². The molecule has 1 N–H and O–H groups in total. The molecular weight excluding hydrogens is 232 g/mol. The average Bonchev–Trinajstić information content (AvgIpc) is 2.65. The summed E-state index contributed by atoms with van der Waals surface area (Å²) in [5, 5.41) is 4.52. The normalized spacial score (nSPS) is 12.5. The van der Waals surface area contributed by atoms with Crippen molar-refractivity contribution in [2.45, 2.75) is 40.7 Å². The summed E-state index contributed by atoms with van der Waals surface area (Å²) in [6.45, 7) is 9.65. The summed E-state index contributed by atoms with van der Waals surface area (Å²) in [7, 11) is 1.98. The van der Waals surface area contributed by atoms with Gasteiger partial charge in [-0.1, -0.05) is 27.7 Å². The summed E-state index contributed by atoms with van der Waals surface area (Å²) in [6.07, 6.45) is 0.919. The largest absolute Gasteiger partial charge is 0.328 e. The van der Waals surface area contributed by atoms with Crippen molar-refractivity contribution in [3.8, 4) is 0 Å². The van der Waals surface area contributed by atoms with E-state index in [1.807, 2.05) is 11.7 Å². The molecule has 0 aliphatic heterocycles. The number of rotatable bonds is 2. The van der Waals surface area contributed by atoms with E-state index in [1.54, 1.807) is 0 Å². The molecule has 0 radical (unpaired) electrons. The van der Waals surface area contributed by atoms with E-state index in [4.69, 9.17) is 12.2 Å². The van der Waals surface area contributed by atoms with E-state index in [2.05, 4.69) is 42.3 Å². The van der Waals surface area contributed by atoms with Gasteiger partial charge in [0.05, 0.1) is 5.69 Å². The number of fused-ring (bicyclic) bond motifs is 1. The Morgan fingerprint density at radius 1 is 1.35 bits per heavy atom. The van der Waals surface area contributed by atoms with Gasteiger partial charge in [0.2, 0.25) is 0 Å². The van der Waals surface area contributed by atoms with Crippen molar-refractivity contribution >= 4 is 23.4 Å². The zero-order chi connectivity index (χ0) is 12.8. The number of aromatic amines is 1. The Bertz CT molecular complexity index is 594. The van der Waals surface area contributed by atoms with Crippen LogP contribution in [0.1, 0.15) is 33.4 Å². The number of hydrogen-bond donors (Lipinski definition) is 1. The van der Waals surface area contributed by atoms with Crippen LogP contribution in [0.5, 0.6) is 0 Å². The first-order valence-corrected chi connectivity index (χ1v) is 6.38. The van der Waals surface area contributed by atoms with Crippen LogP contribution < -0.4 is 0 Å². The lowest BCUT2D eigenvalue weighted by Gasteiger charge is -2.19.